The van der Waals surface area contributed by atoms with Crippen molar-refractivity contribution in [2.45, 2.75) is 39.2 Å². The Bertz CT molecular complexity index is 589. The van der Waals surface area contributed by atoms with E-state index < -0.39 is 11.0 Å². The summed E-state index contributed by atoms with van der Waals surface area (Å²) in [5.74, 6) is 0.0753. The molecule has 1 heterocycles. The molecule has 0 aliphatic carbocycles. The number of urea groups is 1. The molecule has 23 heavy (non-hydrogen) atoms. The Hall–Kier alpha value is -2.15. The lowest BCUT2D eigenvalue weighted by atomic mass is 9.94. The third kappa shape index (κ3) is 4.19. The molecule has 2 amide bonds. The number of aliphatic hydroxyl groups excluding tert-OH is 1. The number of hydrogen-bond acceptors (Lipinski definition) is 4. The quantitative estimate of drug-likeness (QED) is 0.658. The average Bonchev–Trinajstić information content (AvgIpc) is 2.54. The predicted octanol–water partition coefficient (Wildman–Crippen LogP) is 2.78. The summed E-state index contributed by atoms with van der Waals surface area (Å²) in [7, 11) is 0. The van der Waals surface area contributed by atoms with Gasteiger partial charge in [0.2, 0.25) is 0 Å². The minimum atomic E-state index is -0.449. The first kappa shape index (κ1) is 17.2. The van der Waals surface area contributed by atoms with Crippen molar-refractivity contribution in [3.05, 3.63) is 33.9 Å². The minimum Gasteiger partial charge on any atom is -0.393 e. The van der Waals surface area contributed by atoms with Gasteiger partial charge in [-0.05, 0) is 32.3 Å². The highest BCUT2D eigenvalue weighted by Crippen LogP contribution is 2.25. The summed E-state index contributed by atoms with van der Waals surface area (Å²) in [6.45, 7) is 4.71. The van der Waals surface area contributed by atoms with E-state index in [0.717, 1.165) is 12.8 Å². The minimum absolute atomic E-state index is 0.0193. The van der Waals surface area contributed by atoms with Gasteiger partial charge in [-0.1, -0.05) is 13.0 Å². The zero-order valence-corrected chi connectivity index (χ0v) is 13.5. The Labute approximate surface area is 135 Å². The van der Waals surface area contributed by atoms with Gasteiger partial charge in [-0.2, -0.15) is 0 Å². The third-order valence-electron chi connectivity index (χ3n) is 4.34. The molecular weight excluding hydrogens is 298 g/mol. The number of carbonyl (C=O) groups excluding carboxylic acids is 1. The van der Waals surface area contributed by atoms with Gasteiger partial charge in [0.15, 0.2) is 0 Å². The molecule has 0 unspecified atom stereocenters. The molecule has 1 aliphatic heterocycles. The molecular formula is C16H23N3O4. The fourth-order valence-corrected chi connectivity index (χ4v) is 2.90. The first-order valence-corrected chi connectivity index (χ1v) is 7.93. The van der Waals surface area contributed by atoms with Crippen molar-refractivity contribution in [2.75, 3.05) is 18.4 Å². The van der Waals surface area contributed by atoms with Crippen LogP contribution < -0.4 is 5.32 Å². The maximum absolute atomic E-state index is 12.3. The summed E-state index contributed by atoms with van der Waals surface area (Å²) >= 11 is 0. The standard InChI is InChI=1S/C16H23N3O4/c1-3-12-6-7-14(9-15(12)19(22)23)17-16(21)18-8-4-5-13(10-18)11(2)20/h6-7,9,11,13,20H,3-5,8,10H2,1-2H3,(H,17,21)/t11-,13+/m0/s1. The van der Waals surface area contributed by atoms with Gasteiger partial charge in [0.25, 0.3) is 5.69 Å². The van der Waals surface area contributed by atoms with Gasteiger partial charge in [0.1, 0.15) is 0 Å². The van der Waals surface area contributed by atoms with Crippen LogP contribution in [0.2, 0.25) is 0 Å². The summed E-state index contributed by atoms with van der Waals surface area (Å²) < 4.78 is 0. The van der Waals surface area contributed by atoms with Crippen molar-refractivity contribution in [3.8, 4) is 0 Å². The molecule has 2 N–H and O–H groups in total. The highest BCUT2D eigenvalue weighted by atomic mass is 16.6. The molecule has 0 bridgehead atoms. The number of aryl methyl sites for hydroxylation is 1. The Balaban J connectivity index is 2.08. The van der Waals surface area contributed by atoms with Crippen LogP contribution in [0, 0.1) is 16.0 Å². The Kier molecular flexibility index (Phi) is 5.54. The molecule has 1 aromatic carbocycles. The van der Waals surface area contributed by atoms with E-state index in [1.54, 1.807) is 24.0 Å². The van der Waals surface area contributed by atoms with Crippen LogP contribution in [0.5, 0.6) is 0 Å². The first-order chi connectivity index (χ1) is 10.9. The summed E-state index contributed by atoms with van der Waals surface area (Å²) in [6.07, 6.45) is 1.86. The molecule has 2 atom stereocenters. The SMILES string of the molecule is CCc1ccc(NC(=O)N2CCC[C@@H]([C@H](C)O)C2)cc1[N+](=O)[O-]. The molecule has 0 saturated carbocycles. The topological polar surface area (TPSA) is 95.7 Å². The number of nitrogens with zero attached hydrogens (tertiary/aromatic N) is 2. The summed E-state index contributed by atoms with van der Waals surface area (Å²) in [5.41, 5.74) is 1.07. The van der Waals surface area contributed by atoms with Crippen molar-refractivity contribution in [1.29, 1.82) is 0 Å². The second kappa shape index (κ2) is 7.41. The van der Waals surface area contributed by atoms with E-state index in [9.17, 15) is 20.0 Å². The highest BCUT2D eigenvalue weighted by Gasteiger charge is 2.26. The van der Waals surface area contributed by atoms with Crippen LogP contribution in [0.4, 0.5) is 16.2 Å². The Morgan fingerprint density at radius 1 is 1.57 bits per heavy atom. The van der Waals surface area contributed by atoms with Crippen LogP contribution >= 0.6 is 0 Å². The van der Waals surface area contributed by atoms with Crippen LogP contribution in [-0.2, 0) is 6.42 Å². The lowest BCUT2D eigenvalue weighted by molar-refractivity contribution is -0.385. The molecule has 0 spiro atoms. The largest absolute Gasteiger partial charge is 0.393 e. The first-order valence-electron chi connectivity index (χ1n) is 7.93. The van der Waals surface area contributed by atoms with Crippen LogP contribution in [-0.4, -0.2) is 40.2 Å². The average molecular weight is 321 g/mol. The number of benzene rings is 1. The van der Waals surface area contributed by atoms with Gasteiger partial charge in [-0.3, -0.25) is 10.1 Å². The van der Waals surface area contributed by atoms with Gasteiger partial charge in [-0.15, -0.1) is 0 Å². The van der Waals surface area contributed by atoms with Gasteiger partial charge < -0.3 is 15.3 Å². The number of nitrogens with one attached hydrogen (secondary N) is 1. The van der Waals surface area contributed by atoms with Gasteiger partial charge in [0.05, 0.1) is 11.0 Å². The second-order valence-electron chi connectivity index (χ2n) is 5.97. The van der Waals surface area contributed by atoms with E-state index in [2.05, 4.69) is 5.32 Å². The number of anilines is 1. The van der Waals surface area contributed by atoms with Gasteiger partial charge >= 0.3 is 6.03 Å². The molecule has 2 rings (SSSR count). The van der Waals surface area contributed by atoms with E-state index in [4.69, 9.17) is 0 Å². The fourth-order valence-electron chi connectivity index (χ4n) is 2.90. The zero-order chi connectivity index (χ0) is 17.0. The lowest BCUT2D eigenvalue weighted by Crippen LogP contribution is -2.44. The molecule has 7 nitrogen and oxygen atoms in total. The summed E-state index contributed by atoms with van der Waals surface area (Å²) in [6, 6.07) is 4.46. The number of rotatable bonds is 4. The van der Waals surface area contributed by atoms with E-state index in [0.29, 0.717) is 30.8 Å². The Morgan fingerprint density at radius 2 is 2.30 bits per heavy atom. The monoisotopic (exact) mass is 321 g/mol. The van der Waals surface area contributed by atoms with E-state index in [1.807, 2.05) is 6.92 Å². The number of nitro groups is 1. The zero-order valence-electron chi connectivity index (χ0n) is 13.5. The molecule has 0 radical (unpaired) electrons. The van der Waals surface area contributed by atoms with Crippen LogP contribution in [0.25, 0.3) is 0 Å². The van der Waals surface area contributed by atoms with Crippen molar-refractivity contribution < 1.29 is 14.8 Å². The van der Waals surface area contributed by atoms with E-state index in [1.165, 1.54) is 6.07 Å². The maximum Gasteiger partial charge on any atom is 0.321 e. The molecule has 1 aromatic rings. The molecule has 126 valence electrons. The number of amides is 2. The second-order valence-corrected chi connectivity index (χ2v) is 5.97. The maximum atomic E-state index is 12.3. The van der Waals surface area contributed by atoms with Gasteiger partial charge in [0, 0.05) is 36.3 Å². The third-order valence-corrected chi connectivity index (χ3v) is 4.34. The van der Waals surface area contributed by atoms with Crippen molar-refractivity contribution in [2.24, 2.45) is 5.92 Å². The van der Waals surface area contributed by atoms with Gasteiger partial charge in [-0.25, -0.2) is 4.79 Å². The normalized spacial score (nSPS) is 19.3. The fraction of sp³-hybridized carbons (Fsp3) is 0.562. The predicted molar refractivity (Wildman–Crippen MR) is 87.5 cm³/mol. The van der Waals surface area contributed by atoms with Crippen LogP contribution in [0.3, 0.4) is 0 Å². The molecule has 0 aromatic heterocycles. The number of hydrogen-bond donors (Lipinski definition) is 2. The summed E-state index contributed by atoms with van der Waals surface area (Å²) in [5, 5.41) is 23.5. The van der Waals surface area contributed by atoms with Crippen LogP contribution in [0.1, 0.15) is 32.3 Å². The van der Waals surface area contributed by atoms with Crippen LogP contribution in [0.15, 0.2) is 18.2 Å². The molecule has 1 fully saturated rings. The van der Waals surface area contributed by atoms with E-state index in [-0.39, 0.29) is 17.6 Å². The Morgan fingerprint density at radius 3 is 2.91 bits per heavy atom. The smallest absolute Gasteiger partial charge is 0.321 e. The van der Waals surface area contributed by atoms with Crippen molar-refractivity contribution in [1.82, 2.24) is 4.90 Å². The van der Waals surface area contributed by atoms with E-state index >= 15 is 0 Å². The lowest BCUT2D eigenvalue weighted by Gasteiger charge is -2.34. The number of carbonyl (C=O) groups is 1. The van der Waals surface area contributed by atoms with Crippen molar-refractivity contribution >= 4 is 17.4 Å². The number of nitro benzene ring substituents is 1. The number of aliphatic hydroxyl groups is 1. The molecule has 1 saturated heterocycles. The highest BCUT2D eigenvalue weighted by molar-refractivity contribution is 5.89. The number of likely N-dealkylation sites (tertiary alicyclic amines) is 1. The summed E-state index contributed by atoms with van der Waals surface area (Å²) in [4.78, 5) is 24.6. The molecule has 1 aliphatic rings. The molecule has 7 heteroatoms. The van der Waals surface area contributed by atoms with Crippen molar-refractivity contribution in [3.63, 3.8) is 0 Å². The number of piperidine rings is 1.